The molecule has 0 amide bonds. The summed E-state index contributed by atoms with van der Waals surface area (Å²) >= 11 is 0. The molecule has 1 aliphatic rings. The van der Waals surface area contributed by atoms with E-state index in [9.17, 15) is 0 Å². The number of piperidine rings is 1. The van der Waals surface area contributed by atoms with Crippen LogP contribution in [0.3, 0.4) is 0 Å². The molecule has 2 rings (SSSR count). The predicted molar refractivity (Wildman–Crippen MR) is 79.6 cm³/mol. The molecule has 1 aliphatic heterocycles. The van der Waals surface area contributed by atoms with Crippen LogP contribution >= 0.6 is 0 Å². The minimum Gasteiger partial charge on any atom is -0.497 e. The van der Waals surface area contributed by atoms with E-state index in [0.29, 0.717) is 12.1 Å². The summed E-state index contributed by atoms with van der Waals surface area (Å²) in [5, 5.41) is 0. The van der Waals surface area contributed by atoms with Crippen LogP contribution in [0.4, 0.5) is 0 Å². The Hall–Kier alpha value is -1.06. The second-order valence-corrected chi connectivity index (χ2v) is 5.52. The second-order valence-electron chi connectivity index (χ2n) is 5.52. The van der Waals surface area contributed by atoms with Crippen LogP contribution in [0.5, 0.6) is 5.75 Å². The lowest BCUT2D eigenvalue weighted by Crippen LogP contribution is -2.49. The molecular weight excluding hydrogens is 236 g/mol. The molecule has 0 saturated carbocycles. The molecule has 0 bridgehead atoms. The first kappa shape index (κ1) is 14.4. The molecule has 3 heteroatoms. The summed E-state index contributed by atoms with van der Waals surface area (Å²) in [6.45, 7) is 4.30. The lowest BCUT2D eigenvalue weighted by atomic mass is 9.97. The van der Waals surface area contributed by atoms with Gasteiger partial charge in [-0.1, -0.05) is 18.6 Å². The molecule has 3 nitrogen and oxygen atoms in total. The third-order valence-corrected chi connectivity index (χ3v) is 4.20. The van der Waals surface area contributed by atoms with Gasteiger partial charge in [0.15, 0.2) is 0 Å². The van der Waals surface area contributed by atoms with Crippen LogP contribution in [0, 0.1) is 0 Å². The van der Waals surface area contributed by atoms with Crippen molar-refractivity contribution >= 4 is 0 Å². The largest absolute Gasteiger partial charge is 0.497 e. The van der Waals surface area contributed by atoms with Gasteiger partial charge in [0.25, 0.3) is 0 Å². The van der Waals surface area contributed by atoms with Gasteiger partial charge >= 0.3 is 0 Å². The smallest absolute Gasteiger partial charge is 0.118 e. The van der Waals surface area contributed by atoms with Gasteiger partial charge in [-0.15, -0.1) is 0 Å². The highest BCUT2D eigenvalue weighted by Gasteiger charge is 2.25. The molecule has 1 aromatic carbocycles. The van der Waals surface area contributed by atoms with E-state index >= 15 is 0 Å². The number of nitrogens with zero attached hydrogens (tertiary/aromatic N) is 1. The fraction of sp³-hybridized carbons (Fsp3) is 0.625. The normalized spacial score (nSPS) is 22.2. The molecule has 0 radical (unpaired) electrons. The Morgan fingerprint density at radius 3 is 2.68 bits per heavy atom. The molecule has 2 N–H and O–H groups in total. The third kappa shape index (κ3) is 3.71. The average molecular weight is 262 g/mol. The SMILES string of the molecule is COc1ccc(CC(C)N2CCCCC2CN)cc1. The Morgan fingerprint density at radius 2 is 2.05 bits per heavy atom. The van der Waals surface area contributed by atoms with Crippen LogP contribution in [-0.4, -0.2) is 37.2 Å². The van der Waals surface area contributed by atoms with Crippen LogP contribution in [0.2, 0.25) is 0 Å². The number of ether oxygens (including phenoxy) is 1. The number of benzene rings is 1. The number of hydrogen-bond donors (Lipinski definition) is 1. The van der Waals surface area contributed by atoms with E-state index in [1.54, 1.807) is 7.11 Å². The minimum absolute atomic E-state index is 0.558. The molecule has 0 aromatic heterocycles. The van der Waals surface area contributed by atoms with Crippen molar-refractivity contribution in [1.82, 2.24) is 4.90 Å². The van der Waals surface area contributed by atoms with E-state index in [2.05, 4.69) is 24.0 Å². The minimum atomic E-state index is 0.558. The highest BCUT2D eigenvalue weighted by atomic mass is 16.5. The summed E-state index contributed by atoms with van der Waals surface area (Å²) in [5.41, 5.74) is 7.27. The maximum atomic E-state index is 5.90. The Labute approximate surface area is 116 Å². The van der Waals surface area contributed by atoms with Crippen molar-refractivity contribution in [3.8, 4) is 5.75 Å². The van der Waals surface area contributed by atoms with Gasteiger partial charge in [0.05, 0.1) is 7.11 Å². The molecule has 106 valence electrons. The van der Waals surface area contributed by atoms with Crippen LogP contribution in [0.1, 0.15) is 31.7 Å². The summed E-state index contributed by atoms with van der Waals surface area (Å²) in [6.07, 6.45) is 4.97. The van der Waals surface area contributed by atoms with Crippen molar-refractivity contribution < 1.29 is 4.74 Å². The molecule has 1 aromatic rings. The van der Waals surface area contributed by atoms with Gasteiger partial charge in [0, 0.05) is 18.6 Å². The number of rotatable bonds is 5. The van der Waals surface area contributed by atoms with E-state index in [0.717, 1.165) is 18.7 Å². The lowest BCUT2D eigenvalue weighted by molar-refractivity contribution is 0.107. The fourth-order valence-corrected chi connectivity index (χ4v) is 3.08. The van der Waals surface area contributed by atoms with Gasteiger partial charge < -0.3 is 10.5 Å². The monoisotopic (exact) mass is 262 g/mol. The molecule has 0 spiro atoms. The molecule has 19 heavy (non-hydrogen) atoms. The summed E-state index contributed by atoms with van der Waals surface area (Å²) < 4.78 is 5.20. The summed E-state index contributed by atoms with van der Waals surface area (Å²) in [6, 6.07) is 9.54. The van der Waals surface area contributed by atoms with Gasteiger partial charge in [-0.25, -0.2) is 0 Å². The quantitative estimate of drug-likeness (QED) is 0.886. The lowest BCUT2D eigenvalue weighted by Gasteiger charge is -2.39. The number of hydrogen-bond acceptors (Lipinski definition) is 3. The van der Waals surface area contributed by atoms with Crippen molar-refractivity contribution in [2.45, 2.75) is 44.7 Å². The zero-order valence-electron chi connectivity index (χ0n) is 12.1. The number of methoxy groups -OCH3 is 1. The molecule has 2 atom stereocenters. The zero-order valence-corrected chi connectivity index (χ0v) is 12.1. The molecule has 1 saturated heterocycles. The summed E-state index contributed by atoms with van der Waals surface area (Å²) in [7, 11) is 1.71. The van der Waals surface area contributed by atoms with E-state index in [4.69, 9.17) is 10.5 Å². The van der Waals surface area contributed by atoms with E-state index in [1.807, 2.05) is 12.1 Å². The molecule has 2 unspecified atom stereocenters. The fourth-order valence-electron chi connectivity index (χ4n) is 3.08. The van der Waals surface area contributed by atoms with E-state index < -0.39 is 0 Å². The Kier molecular flexibility index (Phi) is 5.23. The Balaban J connectivity index is 1.96. The number of likely N-dealkylation sites (tertiary alicyclic amines) is 1. The summed E-state index contributed by atoms with van der Waals surface area (Å²) in [4.78, 5) is 2.59. The third-order valence-electron chi connectivity index (χ3n) is 4.20. The van der Waals surface area contributed by atoms with E-state index in [1.165, 1.54) is 31.4 Å². The number of nitrogens with two attached hydrogens (primary N) is 1. The Bertz CT molecular complexity index is 377. The summed E-state index contributed by atoms with van der Waals surface area (Å²) in [5.74, 6) is 0.925. The predicted octanol–water partition coefficient (Wildman–Crippen LogP) is 2.44. The zero-order chi connectivity index (χ0) is 13.7. The van der Waals surface area contributed by atoms with Gasteiger partial charge in [-0.2, -0.15) is 0 Å². The van der Waals surface area contributed by atoms with Crippen LogP contribution in [-0.2, 0) is 6.42 Å². The average Bonchev–Trinajstić information content (AvgIpc) is 2.48. The van der Waals surface area contributed by atoms with Gasteiger partial charge in [-0.05, 0) is 50.4 Å². The van der Waals surface area contributed by atoms with Crippen LogP contribution in [0.15, 0.2) is 24.3 Å². The maximum Gasteiger partial charge on any atom is 0.118 e. The molecular formula is C16H26N2O. The first-order valence-electron chi connectivity index (χ1n) is 7.33. The van der Waals surface area contributed by atoms with Crippen LogP contribution in [0.25, 0.3) is 0 Å². The van der Waals surface area contributed by atoms with Crippen molar-refractivity contribution in [3.05, 3.63) is 29.8 Å². The van der Waals surface area contributed by atoms with Crippen molar-refractivity contribution in [2.75, 3.05) is 20.2 Å². The standard InChI is InChI=1S/C16H26N2O/c1-13(18-10-4-3-5-15(18)12-17)11-14-6-8-16(19-2)9-7-14/h6-9,13,15H,3-5,10-12,17H2,1-2H3. The van der Waals surface area contributed by atoms with Gasteiger partial charge in [0.2, 0.25) is 0 Å². The molecule has 0 aliphatic carbocycles. The highest BCUT2D eigenvalue weighted by molar-refractivity contribution is 5.27. The van der Waals surface area contributed by atoms with Crippen molar-refractivity contribution in [3.63, 3.8) is 0 Å². The van der Waals surface area contributed by atoms with Gasteiger partial charge in [-0.3, -0.25) is 4.90 Å². The van der Waals surface area contributed by atoms with E-state index in [-0.39, 0.29) is 0 Å². The molecule has 1 heterocycles. The first-order chi connectivity index (χ1) is 9.24. The van der Waals surface area contributed by atoms with Gasteiger partial charge in [0.1, 0.15) is 5.75 Å². The maximum absolute atomic E-state index is 5.90. The topological polar surface area (TPSA) is 38.5 Å². The van der Waals surface area contributed by atoms with Crippen LogP contribution < -0.4 is 10.5 Å². The first-order valence-corrected chi connectivity index (χ1v) is 7.33. The second kappa shape index (κ2) is 6.92. The van der Waals surface area contributed by atoms with Crippen molar-refractivity contribution in [1.29, 1.82) is 0 Å². The van der Waals surface area contributed by atoms with Crippen molar-refractivity contribution in [2.24, 2.45) is 5.73 Å². The molecule has 1 fully saturated rings. The highest BCUT2D eigenvalue weighted by Crippen LogP contribution is 2.21. The Morgan fingerprint density at radius 1 is 1.32 bits per heavy atom.